The Morgan fingerprint density at radius 1 is 1.40 bits per heavy atom. The molecular weight excluding hydrogens is 327 g/mol. The smallest absolute Gasteiger partial charge is 0.224 e. The van der Waals surface area contributed by atoms with Crippen molar-refractivity contribution in [3.63, 3.8) is 0 Å². The summed E-state index contributed by atoms with van der Waals surface area (Å²) in [4.78, 5) is 7.92. The molecule has 0 amide bonds. The van der Waals surface area contributed by atoms with Crippen molar-refractivity contribution in [1.82, 2.24) is 9.97 Å². The van der Waals surface area contributed by atoms with Crippen molar-refractivity contribution < 1.29 is 9.13 Å². The van der Waals surface area contributed by atoms with Gasteiger partial charge in [-0.2, -0.15) is 4.98 Å². The molecule has 2 N–H and O–H groups in total. The lowest BCUT2D eigenvalue weighted by atomic mass is 10.3. The third-order valence-electron chi connectivity index (χ3n) is 2.49. The molecule has 7 heteroatoms. The largest absolute Gasteiger partial charge is 0.496 e. The van der Waals surface area contributed by atoms with Gasteiger partial charge in [-0.25, -0.2) is 9.37 Å². The van der Waals surface area contributed by atoms with Gasteiger partial charge in [0.2, 0.25) is 5.95 Å². The van der Waals surface area contributed by atoms with Crippen LogP contribution in [0.2, 0.25) is 0 Å². The average Bonchev–Trinajstić information content (AvgIpc) is 2.43. The molecule has 0 aliphatic rings. The van der Waals surface area contributed by atoms with Crippen LogP contribution in [0.4, 0.5) is 21.8 Å². The molecular formula is C13H14BrFN4O. The number of aromatic nitrogens is 2. The van der Waals surface area contributed by atoms with E-state index in [1.807, 2.05) is 6.92 Å². The van der Waals surface area contributed by atoms with Gasteiger partial charge >= 0.3 is 0 Å². The first-order valence-corrected chi connectivity index (χ1v) is 6.80. The van der Waals surface area contributed by atoms with Crippen LogP contribution in [0.25, 0.3) is 0 Å². The van der Waals surface area contributed by atoms with Gasteiger partial charge in [0.15, 0.2) is 11.6 Å². The van der Waals surface area contributed by atoms with Gasteiger partial charge < -0.3 is 15.4 Å². The Balaban J connectivity index is 2.24. The molecule has 0 spiro atoms. The Morgan fingerprint density at radius 2 is 2.20 bits per heavy atom. The predicted octanol–water partition coefficient (Wildman–Crippen LogP) is 3.56. The van der Waals surface area contributed by atoms with E-state index in [0.29, 0.717) is 23.9 Å². The number of benzene rings is 1. The summed E-state index contributed by atoms with van der Waals surface area (Å²) in [5, 5.41) is 5.84. The van der Waals surface area contributed by atoms with Gasteiger partial charge in [-0.05, 0) is 41.1 Å². The van der Waals surface area contributed by atoms with E-state index < -0.39 is 5.82 Å². The van der Waals surface area contributed by atoms with Crippen molar-refractivity contribution in [3.05, 3.63) is 34.7 Å². The number of rotatable bonds is 5. The fourth-order valence-electron chi connectivity index (χ4n) is 1.58. The second kappa shape index (κ2) is 6.51. The summed E-state index contributed by atoms with van der Waals surface area (Å²) >= 11 is 3.37. The SMILES string of the molecule is CCNc1ncc(F)c(Nc2ccc(OC)c(Br)c2)n1. The van der Waals surface area contributed by atoms with E-state index in [-0.39, 0.29) is 5.82 Å². The highest BCUT2D eigenvalue weighted by molar-refractivity contribution is 9.10. The van der Waals surface area contributed by atoms with Crippen molar-refractivity contribution in [1.29, 1.82) is 0 Å². The van der Waals surface area contributed by atoms with Crippen LogP contribution in [0, 0.1) is 5.82 Å². The van der Waals surface area contributed by atoms with Crippen LogP contribution < -0.4 is 15.4 Å². The summed E-state index contributed by atoms with van der Waals surface area (Å²) in [5.41, 5.74) is 0.692. The van der Waals surface area contributed by atoms with E-state index in [9.17, 15) is 4.39 Å². The minimum absolute atomic E-state index is 0.119. The maximum Gasteiger partial charge on any atom is 0.224 e. The Morgan fingerprint density at radius 3 is 2.85 bits per heavy atom. The van der Waals surface area contributed by atoms with Crippen LogP contribution >= 0.6 is 15.9 Å². The van der Waals surface area contributed by atoms with Crippen molar-refractivity contribution in [3.8, 4) is 5.75 Å². The molecule has 106 valence electrons. The number of halogens is 2. The zero-order chi connectivity index (χ0) is 14.5. The molecule has 0 aliphatic carbocycles. The standard InChI is InChI=1S/C13H14BrFN4O/c1-3-16-13-17-7-10(15)12(19-13)18-8-4-5-11(20-2)9(14)6-8/h4-7H,3H2,1-2H3,(H2,16,17,18,19). The molecule has 0 bridgehead atoms. The van der Waals surface area contributed by atoms with Crippen molar-refractivity contribution >= 4 is 33.4 Å². The number of nitrogens with zero attached hydrogens (tertiary/aromatic N) is 2. The van der Waals surface area contributed by atoms with Gasteiger partial charge in [0.05, 0.1) is 17.8 Å². The van der Waals surface area contributed by atoms with Crippen molar-refractivity contribution in [2.75, 3.05) is 24.3 Å². The highest BCUT2D eigenvalue weighted by Gasteiger charge is 2.08. The summed E-state index contributed by atoms with van der Waals surface area (Å²) in [6.07, 6.45) is 1.13. The van der Waals surface area contributed by atoms with E-state index in [4.69, 9.17) is 4.74 Å². The van der Waals surface area contributed by atoms with Gasteiger partial charge in [-0.1, -0.05) is 0 Å². The van der Waals surface area contributed by atoms with E-state index in [1.165, 1.54) is 0 Å². The number of anilines is 3. The van der Waals surface area contributed by atoms with Gasteiger partial charge in [-0.15, -0.1) is 0 Å². The summed E-state index contributed by atoms with van der Waals surface area (Å²) in [6, 6.07) is 5.34. The number of ether oxygens (including phenoxy) is 1. The maximum absolute atomic E-state index is 13.7. The zero-order valence-electron chi connectivity index (χ0n) is 11.1. The monoisotopic (exact) mass is 340 g/mol. The van der Waals surface area contributed by atoms with Crippen LogP contribution in [-0.4, -0.2) is 23.6 Å². The fraction of sp³-hybridized carbons (Fsp3) is 0.231. The Hall–Kier alpha value is -1.89. The average molecular weight is 341 g/mol. The first-order chi connectivity index (χ1) is 9.63. The molecule has 0 radical (unpaired) electrons. The minimum atomic E-state index is -0.515. The van der Waals surface area contributed by atoms with Gasteiger partial charge in [0.25, 0.3) is 0 Å². The van der Waals surface area contributed by atoms with Crippen LogP contribution in [0.3, 0.4) is 0 Å². The second-order valence-corrected chi connectivity index (χ2v) is 4.75. The van der Waals surface area contributed by atoms with E-state index >= 15 is 0 Å². The molecule has 0 fully saturated rings. The molecule has 1 heterocycles. The molecule has 1 aromatic heterocycles. The maximum atomic E-state index is 13.7. The Labute approximate surface area is 124 Å². The van der Waals surface area contributed by atoms with Crippen LogP contribution in [0.15, 0.2) is 28.9 Å². The number of hydrogen-bond acceptors (Lipinski definition) is 5. The zero-order valence-corrected chi connectivity index (χ0v) is 12.7. The molecule has 0 aliphatic heterocycles. The Bertz CT molecular complexity index is 609. The molecule has 0 unspecified atom stereocenters. The highest BCUT2D eigenvalue weighted by Crippen LogP contribution is 2.29. The van der Waals surface area contributed by atoms with E-state index in [2.05, 4.69) is 36.5 Å². The number of methoxy groups -OCH3 is 1. The van der Waals surface area contributed by atoms with Gasteiger partial charge in [-0.3, -0.25) is 0 Å². The number of hydrogen-bond donors (Lipinski definition) is 2. The van der Waals surface area contributed by atoms with Crippen LogP contribution in [0.1, 0.15) is 6.92 Å². The Kier molecular flexibility index (Phi) is 4.73. The topological polar surface area (TPSA) is 59.1 Å². The van der Waals surface area contributed by atoms with Crippen molar-refractivity contribution in [2.24, 2.45) is 0 Å². The molecule has 1 aromatic carbocycles. The molecule has 2 aromatic rings. The molecule has 5 nitrogen and oxygen atoms in total. The highest BCUT2D eigenvalue weighted by atomic mass is 79.9. The summed E-state index contributed by atoms with van der Waals surface area (Å²) in [5.74, 6) is 0.683. The van der Waals surface area contributed by atoms with Gasteiger partial charge in [0.1, 0.15) is 5.75 Å². The fourth-order valence-corrected chi connectivity index (χ4v) is 2.12. The lowest BCUT2D eigenvalue weighted by molar-refractivity contribution is 0.412. The third-order valence-corrected chi connectivity index (χ3v) is 3.11. The molecule has 0 saturated carbocycles. The summed E-state index contributed by atoms with van der Waals surface area (Å²) in [6.45, 7) is 2.58. The predicted molar refractivity (Wildman–Crippen MR) is 80.1 cm³/mol. The first-order valence-electron chi connectivity index (χ1n) is 6.01. The molecule has 0 saturated heterocycles. The van der Waals surface area contributed by atoms with Crippen LogP contribution in [0.5, 0.6) is 5.75 Å². The van der Waals surface area contributed by atoms with E-state index in [0.717, 1.165) is 10.7 Å². The lowest BCUT2D eigenvalue weighted by Gasteiger charge is -2.10. The number of nitrogens with one attached hydrogen (secondary N) is 2. The summed E-state index contributed by atoms with van der Waals surface area (Å²) < 4.78 is 19.6. The molecule has 0 atom stereocenters. The van der Waals surface area contributed by atoms with E-state index in [1.54, 1.807) is 25.3 Å². The molecule has 2 rings (SSSR count). The van der Waals surface area contributed by atoms with Gasteiger partial charge in [0, 0.05) is 12.2 Å². The summed E-state index contributed by atoms with van der Waals surface area (Å²) in [7, 11) is 1.58. The lowest BCUT2D eigenvalue weighted by Crippen LogP contribution is -2.05. The third kappa shape index (κ3) is 3.36. The second-order valence-electron chi connectivity index (χ2n) is 3.89. The molecule has 20 heavy (non-hydrogen) atoms. The minimum Gasteiger partial charge on any atom is -0.496 e. The quantitative estimate of drug-likeness (QED) is 0.871. The van der Waals surface area contributed by atoms with Crippen molar-refractivity contribution in [2.45, 2.75) is 6.92 Å². The first kappa shape index (κ1) is 14.5. The van der Waals surface area contributed by atoms with Crippen LogP contribution in [-0.2, 0) is 0 Å². The normalized spacial score (nSPS) is 10.2.